The highest BCUT2D eigenvalue weighted by Gasteiger charge is 1.73. The lowest BCUT2D eigenvalue weighted by Crippen LogP contribution is -1.46. The van der Waals surface area contributed by atoms with E-state index >= 15 is 0 Å². The zero-order valence-corrected chi connectivity index (χ0v) is 3.87. The van der Waals surface area contributed by atoms with E-state index in [1.807, 2.05) is 0 Å². The van der Waals surface area contributed by atoms with Gasteiger partial charge in [-0.2, -0.15) is 0 Å². The van der Waals surface area contributed by atoms with Crippen molar-refractivity contribution in [2.45, 2.75) is 6.92 Å². The van der Waals surface area contributed by atoms with Gasteiger partial charge in [-0.3, -0.25) is 0 Å². The maximum absolute atomic E-state index is 9.41. The van der Waals surface area contributed by atoms with Crippen LogP contribution in [0.4, 0.5) is 0 Å². The summed E-state index contributed by atoms with van der Waals surface area (Å²) < 4.78 is 18.8. The molecule has 0 aliphatic heterocycles. The van der Waals surface area contributed by atoms with E-state index in [9.17, 15) is 9.13 Å². The minimum atomic E-state index is -2.10. The fourth-order valence-electron chi connectivity index (χ4n) is 0. The molecule has 0 heterocycles. The summed E-state index contributed by atoms with van der Waals surface area (Å²) >= 11 is 0. The molecule has 0 aromatic rings. The summed E-state index contributed by atoms with van der Waals surface area (Å²) in [6, 6.07) is 0. The van der Waals surface area contributed by atoms with Gasteiger partial charge in [0, 0.05) is 0 Å². The largest absolute Gasteiger partial charge is 0.315 e. The van der Waals surface area contributed by atoms with Crippen LogP contribution in [0.15, 0.2) is 0 Å². The van der Waals surface area contributed by atoms with Crippen LogP contribution in [-0.2, 0) is 9.13 Å². The highest BCUT2D eigenvalue weighted by Crippen LogP contribution is 1.96. The summed E-state index contributed by atoms with van der Waals surface area (Å²) in [5.74, 6) is 0. The molecule has 2 nitrogen and oxygen atoms in total. The fraction of sp³-hybridized carbons (Fsp3) is 1.00. The number of hydrogen-bond acceptors (Lipinski definition) is 2. The Kier molecular flexibility index (Phi) is 2.11. The molecule has 0 aliphatic rings. The lowest BCUT2D eigenvalue weighted by molar-refractivity contribution is 0.516. The second-order valence-electron chi connectivity index (χ2n) is 0.649. The third-order valence-electron chi connectivity index (χ3n) is 0.258. The van der Waals surface area contributed by atoms with E-state index < -0.39 is 7.68 Å². The van der Waals surface area contributed by atoms with Gasteiger partial charge >= 0.3 is 7.68 Å². The first kappa shape index (κ1) is 4.90. The predicted octanol–water partition coefficient (Wildman–Crippen LogP) is 1.18. The maximum Gasteiger partial charge on any atom is 0.315 e. The minimum Gasteiger partial charge on any atom is -0.237 e. The summed E-state index contributed by atoms with van der Waals surface area (Å²) in [5, 5.41) is 0. The van der Waals surface area contributed by atoms with Crippen LogP contribution < -0.4 is 0 Å². The van der Waals surface area contributed by atoms with Gasteiger partial charge in [-0.15, -0.1) is 0 Å². The van der Waals surface area contributed by atoms with Gasteiger partial charge < -0.3 is 0 Å². The normalized spacial score (nSPS) is 7.40. The summed E-state index contributed by atoms with van der Waals surface area (Å²) in [5.41, 5.74) is 0. The Hall–Kier alpha value is -0.100. The molecular weight excluding hydrogens is 87.0 g/mol. The molecule has 0 unspecified atom stereocenters. The molecule has 0 radical (unpaired) electrons. The van der Waals surface area contributed by atoms with Gasteiger partial charge in [0.2, 0.25) is 0 Å². The minimum absolute atomic E-state index is 0.259. The molecule has 0 spiro atoms. The third-order valence-corrected chi connectivity index (χ3v) is 0.775. The molecule has 0 bridgehead atoms. The number of hydrogen-bond donors (Lipinski definition) is 0. The Labute approximate surface area is 31.0 Å². The Bertz CT molecular complexity index is 65.7. The van der Waals surface area contributed by atoms with Gasteiger partial charge in [-0.05, 0) is 0 Å². The molecule has 0 aromatic heterocycles. The van der Waals surface area contributed by atoms with Crippen LogP contribution in [0.2, 0.25) is 0 Å². The van der Waals surface area contributed by atoms with Crippen molar-refractivity contribution >= 4 is 7.68 Å². The standard InChI is InChI=1S/C2H5O2P/c1-2-5(3)4/h2H2,1H3. The summed E-state index contributed by atoms with van der Waals surface area (Å²) in [6.45, 7) is 1.60. The van der Waals surface area contributed by atoms with Gasteiger partial charge in [0.15, 0.2) is 0 Å². The molecule has 0 fully saturated rings. The van der Waals surface area contributed by atoms with Crippen LogP contribution in [0.1, 0.15) is 6.92 Å². The molecule has 0 N–H and O–H groups in total. The Morgan fingerprint density at radius 1 is 1.60 bits per heavy atom. The molecule has 0 saturated heterocycles. The Balaban J connectivity index is 3.23. The molecule has 0 aliphatic carbocycles. The number of rotatable bonds is 1. The van der Waals surface area contributed by atoms with E-state index in [0.717, 1.165) is 0 Å². The summed E-state index contributed by atoms with van der Waals surface area (Å²) in [7, 11) is -2.10. The zero-order chi connectivity index (χ0) is 4.28. The smallest absolute Gasteiger partial charge is 0.237 e. The maximum atomic E-state index is 9.41. The zero-order valence-electron chi connectivity index (χ0n) is 2.97. The molecule has 0 saturated carbocycles. The topological polar surface area (TPSA) is 34.1 Å². The van der Waals surface area contributed by atoms with Gasteiger partial charge in [0.25, 0.3) is 0 Å². The van der Waals surface area contributed by atoms with Crippen LogP contribution in [0, 0.1) is 0 Å². The predicted molar refractivity (Wildman–Crippen MR) is 18.8 cm³/mol. The quantitative estimate of drug-likeness (QED) is 0.455. The van der Waals surface area contributed by atoms with Crippen LogP contribution >= 0.6 is 7.68 Å². The van der Waals surface area contributed by atoms with E-state index in [2.05, 4.69) is 0 Å². The third kappa shape index (κ3) is 3.90. The molecule has 3 heteroatoms. The van der Waals surface area contributed by atoms with Gasteiger partial charge in [-0.1, -0.05) is 6.92 Å². The van der Waals surface area contributed by atoms with Crippen LogP contribution in [0.3, 0.4) is 0 Å². The van der Waals surface area contributed by atoms with Crippen molar-refractivity contribution in [3.63, 3.8) is 0 Å². The van der Waals surface area contributed by atoms with Crippen LogP contribution in [0.25, 0.3) is 0 Å². The van der Waals surface area contributed by atoms with Crippen molar-refractivity contribution < 1.29 is 9.13 Å². The SMILES string of the molecule is CCP(=O)=O. The van der Waals surface area contributed by atoms with Gasteiger partial charge in [-0.25, -0.2) is 9.13 Å². The van der Waals surface area contributed by atoms with Gasteiger partial charge in [0.1, 0.15) is 0 Å². The molecule has 0 rings (SSSR count). The van der Waals surface area contributed by atoms with E-state index in [0.29, 0.717) is 0 Å². The first-order valence-corrected chi connectivity index (χ1v) is 2.75. The highest BCUT2D eigenvalue weighted by molar-refractivity contribution is 7.30. The second kappa shape index (κ2) is 2.16. The van der Waals surface area contributed by atoms with Crippen molar-refractivity contribution in [2.24, 2.45) is 0 Å². The van der Waals surface area contributed by atoms with Crippen LogP contribution in [-0.4, -0.2) is 6.16 Å². The van der Waals surface area contributed by atoms with E-state index in [4.69, 9.17) is 0 Å². The molecule has 0 atom stereocenters. The Morgan fingerprint density at radius 3 is 1.80 bits per heavy atom. The van der Waals surface area contributed by atoms with Crippen molar-refractivity contribution in [3.05, 3.63) is 0 Å². The lowest BCUT2D eigenvalue weighted by Gasteiger charge is -1.54. The van der Waals surface area contributed by atoms with Crippen molar-refractivity contribution in [1.82, 2.24) is 0 Å². The van der Waals surface area contributed by atoms with Crippen molar-refractivity contribution in [3.8, 4) is 0 Å². The molecule has 0 aromatic carbocycles. The monoisotopic (exact) mass is 92.0 g/mol. The molecule has 5 heavy (non-hydrogen) atoms. The van der Waals surface area contributed by atoms with E-state index in [-0.39, 0.29) is 6.16 Å². The highest BCUT2D eigenvalue weighted by atomic mass is 31.1. The lowest BCUT2D eigenvalue weighted by atomic mass is 11.0. The Morgan fingerprint density at radius 2 is 1.80 bits per heavy atom. The first-order valence-electron chi connectivity index (χ1n) is 1.39. The van der Waals surface area contributed by atoms with Crippen LogP contribution in [0.5, 0.6) is 0 Å². The van der Waals surface area contributed by atoms with Crippen molar-refractivity contribution in [1.29, 1.82) is 0 Å². The van der Waals surface area contributed by atoms with Crippen molar-refractivity contribution in [2.75, 3.05) is 6.16 Å². The average Bonchev–Trinajstić information content (AvgIpc) is 1.38. The van der Waals surface area contributed by atoms with E-state index in [1.54, 1.807) is 6.92 Å². The molecular formula is C2H5O2P. The average molecular weight is 92.0 g/mol. The van der Waals surface area contributed by atoms with E-state index in [1.165, 1.54) is 0 Å². The molecule has 0 amide bonds. The fourth-order valence-corrected chi connectivity index (χ4v) is 0. The molecule has 30 valence electrons. The summed E-state index contributed by atoms with van der Waals surface area (Å²) in [4.78, 5) is 0. The first-order chi connectivity index (χ1) is 2.27. The second-order valence-corrected chi connectivity index (χ2v) is 1.95. The van der Waals surface area contributed by atoms with Gasteiger partial charge in [0.05, 0.1) is 6.16 Å². The summed E-state index contributed by atoms with van der Waals surface area (Å²) in [6.07, 6.45) is 0.259.